The summed E-state index contributed by atoms with van der Waals surface area (Å²) >= 11 is 0.993. The molecule has 0 atom stereocenters. The lowest BCUT2D eigenvalue weighted by molar-refractivity contribution is 0.0703. The fourth-order valence-electron chi connectivity index (χ4n) is 2.59. The Kier molecular flexibility index (Phi) is 2.98. The molecule has 2 N–H and O–H groups in total. The van der Waals surface area contributed by atoms with Crippen molar-refractivity contribution in [2.75, 3.05) is 10.2 Å². The number of amides is 2. The number of hydrogen-bond acceptors (Lipinski definition) is 5. The lowest BCUT2D eigenvalue weighted by Gasteiger charge is -2.27. The van der Waals surface area contributed by atoms with Crippen molar-refractivity contribution in [3.8, 4) is 12.3 Å². The van der Waals surface area contributed by atoms with E-state index in [1.807, 2.05) is 0 Å². The second-order valence-electron chi connectivity index (χ2n) is 4.95. The number of urea groups is 1. The fraction of sp³-hybridized carbons (Fsp3) is 0. The molecule has 0 radical (unpaired) electrons. The van der Waals surface area contributed by atoms with Gasteiger partial charge in [0.2, 0.25) is 0 Å². The van der Waals surface area contributed by atoms with Gasteiger partial charge in [0.25, 0.3) is 0 Å². The number of carboxylic acids is 1. The molecule has 1 aliphatic rings. The van der Waals surface area contributed by atoms with Crippen molar-refractivity contribution in [1.29, 1.82) is 0 Å². The molecule has 0 aliphatic carbocycles. The highest BCUT2D eigenvalue weighted by molar-refractivity contribution is 7.21. The lowest BCUT2D eigenvalue weighted by Crippen LogP contribution is -2.34. The topological polar surface area (TPSA) is 95.4 Å². The van der Waals surface area contributed by atoms with Crippen LogP contribution in [0.25, 0.3) is 10.2 Å². The molecule has 116 valence electrons. The van der Waals surface area contributed by atoms with E-state index < -0.39 is 12.0 Å². The average molecular weight is 336 g/mol. The van der Waals surface area contributed by atoms with E-state index in [4.69, 9.17) is 6.42 Å². The molecule has 0 spiro atoms. The van der Waals surface area contributed by atoms with E-state index in [1.54, 1.807) is 24.3 Å². The molecule has 0 bridgehead atoms. The number of carbonyl (C=O) groups is 2. The van der Waals surface area contributed by atoms with Gasteiger partial charge in [0.05, 0.1) is 16.8 Å². The summed E-state index contributed by atoms with van der Waals surface area (Å²) in [6.07, 6.45) is 6.72. The minimum Gasteiger partial charge on any atom is -0.477 e. The van der Waals surface area contributed by atoms with Gasteiger partial charge in [-0.05, 0) is 18.2 Å². The standard InChI is InChI=1S/C16H8N4O3S/c1-2-8-4-3-5-9(6-8)20-13-10-11(19-16(20)23)12(15(21)22)24-14(10)18-7-17-13/h1,3-7H,(H,19,23)(H,21,22). The quantitative estimate of drug-likeness (QED) is 0.701. The molecule has 3 heterocycles. The van der Waals surface area contributed by atoms with Gasteiger partial charge in [-0.3, -0.25) is 0 Å². The number of carbonyl (C=O) groups excluding carboxylic acids is 1. The largest absolute Gasteiger partial charge is 0.477 e. The third kappa shape index (κ3) is 1.92. The minimum absolute atomic E-state index is 0.0251. The van der Waals surface area contributed by atoms with Gasteiger partial charge in [0.1, 0.15) is 16.0 Å². The van der Waals surface area contributed by atoms with Crippen molar-refractivity contribution >= 4 is 50.7 Å². The SMILES string of the molecule is C#Cc1cccc(N2C(=O)Nc3c(C(=O)O)sc4ncnc2c34)c1. The maximum atomic E-state index is 12.6. The molecule has 4 rings (SSSR count). The first-order valence-electron chi connectivity index (χ1n) is 6.78. The van der Waals surface area contributed by atoms with E-state index in [9.17, 15) is 14.7 Å². The number of benzene rings is 1. The predicted molar refractivity (Wildman–Crippen MR) is 89.9 cm³/mol. The molecule has 1 aromatic carbocycles. The maximum absolute atomic E-state index is 12.6. The first-order chi connectivity index (χ1) is 11.6. The van der Waals surface area contributed by atoms with Crippen LogP contribution in [0.1, 0.15) is 15.2 Å². The van der Waals surface area contributed by atoms with Crippen molar-refractivity contribution in [2.24, 2.45) is 0 Å². The number of anilines is 3. The van der Waals surface area contributed by atoms with Crippen LogP contribution < -0.4 is 10.2 Å². The van der Waals surface area contributed by atoms with Gasteiger partial charge in [0, 0.05) is 5.56 Å². The van der Waals surface area contributed by atoms with Crippen molar-refractivity contribution in [3.05, 3.63) is 41.0 Å². The predicted octanol–water partition coefficient (Wildman–Crippen LogP) is 3.05. The van der Waals surface area contributed by atoms with Crippen LogP contribution >= 0.6 is 11.3 Å². The summed E-state index contributed by atoms with van der Waals surface area (Å²) in [5, 5.41) is 12.5. The summed E-state index contributed by atoms with van der Waals surface area (Å²) in [6, 6.07) is 6.39. The summed E-state index contributed by atoms with van der Waals surface area (Å²) in [4.78, 5) is 34.2. The number of aromatic carboxylic acids is 1. The van der Waals surface area contributed by atoms with Crippen LogP contribution in [0.15, 0.2) is 30.6 Å². The lowest BCUT2D eigenvalue weighted by atomic mass is 10.1. The van der Waals surface area contributed by atoms with Crippen LogP contribution in [0.4, 0.5) is 22.0 Å². The molecule has 2 amide bonds. The van der Waals surface area contributed by atoms with E-state index in [1.165, 1.54) is 11.2 Å². The highest BCUT2D eigenvalue weighted by Gasteiger charge is 2.33. The number of thiophene rings is 1. The Morgan fingerprint density at radius 3 is 2.96 bits per heavy atom. The molecular formula is C16H8N4O3S. The third-order valence-electron chi connectivity index (χ3n) is 3.58. The molecule has 3 aromatic rings. The molecular weight excluding hydrogens is 328 g/mol. The van der Waals surface area contributed by atoms with E-state index >= 15 is 0 Å². The Bertz CT molecular complexity index is 1070. The zero-order valence-corrected chi connectivity index (χ0v) is 12.8. The Balaban J connectivity index is 2.00. The summed E-state index contributed by atoms with van der Waals surface area (Å²) in [6.45, 7) is 0. The van der Waals surface area contributed by atoms with E-state index in [-0.39, 0.29) is 10.6 Å². The number of hydrogen-bond donors (Lipinski definition) is 2. The average Bonchev–Trinajstić information content (AvgIpc) is 2.95. The summed E-state index contributed by atoms with van der Waals surface area (Å²) in [5.74, 6) is 1.72. The Morgan fingerprint density at radius 1 is 1.38 bits per heavy atom. The molecule has 0 saturated carbocycles. The van der Waals surface area contributed by atoms with Crippen molar-refractivity contribution < 1.29 is 14.7 Å². The first kappa shape index (κ1) is 14.2. The zero-order chi connectivity index (χ0) is 16.8. The molecule has 7 nitrogen and oxygen atoms in total. The zero-order valence-electron chi connectivity index (χ0n) is 12.0. The summed E-state index contributed by atoms with van der Waals surface area (Å²) in [7, 11) is 0. The smallest absolute Gasteiger partial charge is 0.348 e. The van der Waals surface area contributed by atoms with Gasteiger partial charge in [0.15, 0.2) is 5.82 Å². The van der Waals surface area contributed by atoms with Crippen LogP contribution in [-0.4, -0.2) is 27.1 Å². The van der Waals surface area contributed by atoms with E-state index in [2.05, 4.69) is 21.2 Å². The van der Waals surface area contributed by atoms with Gasteiger partial charge in [-0.1, -0.05) is 12.0 Å². The highest BCUT2D eigenvalue weighted by Crippen LogP contribution is 2.44. The van der Waals surface area contributed by atoms with Crippen molar-refractivity contribution in [3.63, 3.8) is 0 Å². The van der Waals surface area contributed by atoms with Crippen LogP contribution in [0.2, 0.25) is 0 Å². The van der Waals surface area contributed by atoms with Crippen LogP contribution in [0.3, 0.4) is 0 Å². The van der Waals surface area contributed by atoms with Crippen molar-refractivity contribution in [2.45, 2.75) is 0 Å². The number of terminal acetylenes is 1. The number of aromatic nitrogens is 2. The Hall–Kier alpha value is -3.44. The van der Waals surface area contributed by atoms with Crippen molar-refractivity contribution in [1.82, 2.24) is 9.97 Å². The van der Waals surface area contributed by atoms with Gasteiger partial charge in [-0.2, -0.15) is 0 Å². The molecule has 0 fully saturated rings. The van der Waals surface area contributed by atoms with Gasteiger partial charge < -0.3 is 10.4 Å². The number of rotatable bonds is 2. The minimum atomic E-state index is -1.12. The maximum Gasteiger partial charge on any atom is 0.348 e. The van der Waals surface area contributed by atoms with Gasteiger partial charge in [-0.15, -0.1) is 17.8 Å². The highest BCUT2D eigenvalue weighted by atomic mass is 32.1. The van der Waals surface area contributed by atoms with Gasteiger partial charge in [-0.25, -0.2) is 24.5 Å². The summed E-state index contributed by atoms with van der Waals surface area (Å²) in [5.41, 5.74) is 1.39. The molecule has 0 unspecified atom stereocenters. The van der Waals surface area contributed by atoms with E-state index in [0.29, 0.717) is 27.3 Å². The van der Waals surface area contributed by atoms with E-state index in [0.717, 1.165) is 11.3 Å². The fourth-order valence-corrected chi connectivity index (χ4v) is 3.52. The number of nitrogens with zero attached hydrogens (tertiary/aromatic N) is 3. The first-order valence-corrected chi connectivity index (χ1v) is 7.60. The van der Waals surface area contributed by atoms with Crippen LogP contribution in [0.5, 0.6) is 0 Å². The third-order valence-corrected chi connectivity index (χ3v) is 4.67. The van der Waals surface area contributed by atoms with Crippen LogP contribution in [0, 0.1) is 12.3 Å². The molecule has 1 aliphatic heterocycles. The second kappa shape index (κ2) is 5.04. The van der Waals surface area contributed by atoms with Gasteiger partial charge >= 0.3 is 12.0 Å². The molecule has 0 saturated heterocycles. The molecule has 8 heteroatoms. The summed E-state index contributed by atoms with van der Waals surface area (Å²) < 4.78 is 0. The molecule has 24 heavy (non-hydrogen) atoms. The monoisotopic (exact) mass is 336 g/mol. The van der Waals surface area contributed by atoms with Crippen LogP contribution in [-0.2, 0) is 0 Å². The second-order valence-corrected chi connectivity index (χ2v) is 5.95. The normalized spacial score (nSPS) is 12.8. The molecule has 2 aromatic heterocycles. The number of nitrogens with one attached hydrogen (secondary N) is 1. The Labute approximate surface area is 139 Å². The number of carboxylic acid groups (broad SMARTS) is 1. The Morgan fingerprint density at radius 2 is 2.21 bits per heavy atom.